The van der Waals surface area contributed by atoms with Crippen LogP contribution >= 0.6 is 0 Å². The smallest absolute Gasteiger partial charge is 0.228 e. The Hall–Kier alpha value is -2.14. The third-order valence-electron chi connectivity index (χ3n) is 3.13. The molecule has 0 spiro atoms. The fourth-order valence-corrected chi connectivity index (χ4v) is 1.95. The summed E-state index contributed by atoms with van der Waals surface area (Å²) < 4.78 is 5.31. The van der Waals surface area contributed by atoms with Gasteiger partial charge in [-0.3, -0.25) is 4.79 Å². The third-order valence-corrected chi connectivity index (χ3v) is 3.13. The van der Waals surface area contributed by atoms with Gasteiger partial charge in [-0.25, -0.2) is 4.98 Å². The normalized spacial score (nSPS) is 12.2. The zero-order valence-corrected chi connectivity index (χ0v) is 11.9. The van der Waals surface area contributed by atoms with Crippen molar-refractivity contribution in [1.29, 1.82) is 0 Å². The number of anilines is 1. The zero-order valence-electron chi connectivity index (χ0n) is 11.9. The number of hydrogen-bond donors (Lipinski definition) is 2. The van der Waals surface area contributed by atoms with E-state index in [-0.39, 0.29) is 11.8 Å². The number of carbonyl (C=O) groups is 1. The second-order valence-electron chi connectivity index (χ2n) is 4.81. The van der Waals surface area contributed by atoms with Gasteiger partial charge in [0.25, 0.3) is 0 Å². The van der Waals surface area contributed by atoms with Gasteiger partial charge in [-0.2, -0.15) is 0 Å². The molecular weight excluding hydrogens is 254 g/mol. The minimum absolute atomic E-state index is 0.0124. The van der Waals surface area contributed by atoms with Crippen molar-refractivity contribution in [3.8, 4) is 11.5 Å². The van der Waals surface area contributed by atoms with Crippen LogP contribution in [0.15, 0.2) is 35.1 Å². The van der Waals surface area contributed by atoms with Crippen LogP contribution in [0.2, 0.25) is 0 Å². The first-order valence-corrected chi connectivity index (χ1v) is 6.57. The summed E-state index contributed by atoms with van der Waals surface area (Å²) in [6, 6.07) is 5.70. The summed E-state index contributed by atoms with van der Waals surface area (Å²) in [6.45, 7) is 4.51. The Kier molecular flexibility index (Phi) is 4.53. The number of nitrogens with one attached hydrogen (secondary N) is 2. The molecule has 20 heavy (non-hydrogen) atoms. The third kappa shape index (κ3) is 3.24. The van der Waals surface area contributed by atoms with Gasteiger partial charge in [-0.1, -0.05) is 13.0 Å². The van der Waals surface area contributed by atoms with Gasteiger partial charge in [0.05, 0.1) is 6.20 Å². The van der Waals surface area contributed by atoms with E-state index in [4.69, 9.17) is 4.42 Å². The van der Waals surface area contributed by atoms with E-state index in [1.165, 1.54) is 6.26 Å². The second-order valence-corrected chi connectivity index (χ2v) is 4.81. The van der Waals surface area contributed by atoms with Crippen LogP contribution in [-0.2, 0) is 4.79 Å². The summed E-state index contributed by atoms with van der Waals surface area (Å²) in [5.41, 5.74) is 2.68. The Bertz CT molecular complexity index is 579. The van der Waals surface area contributed by atoms with Gasteiger partial charge in [0.2, 0.25) is 11.8 Å². The second kappa shape index (κ2) is 6.34. The highest BCUT2D eigenvalue weighted by atomic mass is 16.3. The standard InChI is InChI=1S/C15H19N3O2/c1-10-4-5-12(18-14(19)11(2)9-16-3)8-13(10)15-17-6-7-20-15/h4-8,11,16H,9H2,1-3H3,(H,18,19). The number of nitrogens with zero attached hydrogens (tertiary/aromatic N) is 1. The average molecular weight is 273 g/mol. The van der Waals surface area contributed by atoms with Crippen molar-refractivity contribution in [3.05, 3.63) is 36.2 Å². The Morgan fingerprint density at radius 1 is 1.45 bits per heavy atom. The van der Waals surface area contributed by atoms with Gasteiger partial charge >= 0.3 is 0 Å². The quantitative estimate of drug-likeness (QED) is 0.878. The summed E-state index contributed by atoms with van der Waals surface area (Å²) in [4.78, 5) is 16.1. The van der Waals surface area contributed by atoms with Crippen LogP contribution in [0.25, 0.3) is 11.5 Å². The van der Waals surface area contributed by atoms with Crippen LogP contribution in [0.4, 0.5) is 5.69 Å². The molecular formula is C15H19N3O2. The molecule has 1 unspecified atom stereocenters. The molecule has 2 aromatic rings. The molecule has 0 fully saturated rings. The molecule has 1 atom stereocenters. The van der Waals surface area contributed by atoms with E-state index in [0.717, 1.165) is 16.8 Å². The van der Waals surface area contributed by atoms with E-state index in [1.54, 1.807) is 6.20 Å². The van der Waals surface area contributed by atoms with Crippen molar-refractivity contribution in [2.75, 3.05) is 18.9 Å². The molecule has 1 aromatic carbocycles. The maximum absolute atomic E-state index is 12.0. The van der Waals surface area contributed by atoms with Crippen molar-refractivity contribution < 1.29 is 9.21 Å². The molecule has 0 aliphatic carbocycles. The Morgan fingerprint density at radius 3 is 2.90 bits per heavy atom. The molecule has 1 amide bonds. The molecule has 0 saturated heterocycles. The Balaban J connectivity index is 2.18. The highest BCUT2D eigenvalue weighted by molar-refractivity contribution is 5.93. The minimum atomic E-state index is -0.0912. The lowest BCUT2D eigenvalue weighted by Gasteiger charge is -2.12. The number of aryl methyl sites for hydroxylation is 1. The lowest BCUT2D eigenvalue weighted by molar-refractivity contribution is -0.119. The largest absolute Gasteiger partial charge is 0.445 e. The highest BCUT2D eigenvalue weighted by Gasteiger charge is 2.13. The molecule has 2 rings (SSSR count). The Labute approximate surface area is 118 Å². The van der Waals surface area contributed by atoms with E-state index < -0.39 is 0 Å². The number of aromatic nitrogens is 1. The first kappa shape index (κ1) is 14.3. The molecule has 106 valence electrons. The van der Waals surface area contributed by atoms with E-state index in [1.807, 2.05) is 39.1 Å². The number of oxazole rings is 1. The first-order valence-electron chi connectivity index (χ1n) is 6.57. The van der Waals surface area contributed by atoms with E-state index in [9.17, 15) is 4.79 Å². The number of carbonyl (C=O) groups excluding carboxylic acids is 1. The monoisotopic (exact) mass is 273 g/mol. The molecule has 0 bridgehead atoms. The number of rotatable bonds is 5. The van der Waals surface area contributed by atoms with Crippen LogP contribution in [-0.4, -0.2) is 24.5 Å². The zero-order chi connectivity index (χ0) is 14.5. The maximum Gasteiger partial charge on any atom is 0.228 e. The van der Waals surface area contributed by atoms with Crippen molar-refractivity contribution in [2.24, 2.45) is 5.92 Å². The SMILES string of the molecule is CNCC(C)C(=O)Nc1ccc(C)c(-c2ncco2)c1. The lowest BCUT2D eigenvalue weighted by atomic mass is 10.1. The number of amides is 1. The minimum Gasteiger partial charge on any atom is -0.445 e. The van der Waals surface area contributed by atoms with Gasteiger partial charge in [-0.15, -0.1) is 0 Å². The van der Waals surface area contributed by atoms with Crippen LogP contribution in [0.3, 0.4) is 0 Å². The van der Waals surface area contributed by atoms with Crippen LogP contribution < -0.4 is 10.6 Å². The summed E-state index contributed by atoms with van der Waals surface area (Å²) in [5, 5.41) is 5.90. The first-order chi connectivity index (χ1) is 9.61. The molecule has 5 nitrogen and oxygen atoms in total. The Morgan fingerprint density at radius 2 is 2.25 bits per heavy atom. The number of hydrogen-bond acceptors (Lipinski definition) is 4. The molecule has 1 heterocycles. The van der Waals surface area contributed by atoms with E-state index in [0.29, 0.717) is 12.4 Å². The van der Waals surface area contributed by atoms with Gasteiger partial charge in [0, 0.05) is 23.7 Å². The molecule has 5 heteroatoms. The van der Waals surface area contributed by atoms with Crippen LogP contribution in [0.5, 0.6) is 0 Å². The number of benzene rings is 1. The van der Waals surface area contributed by atoms with Crippen LogP contribution in [0, 0.1) is 12.8 Å². The van der Waals surface area contributed by atoms with Gasteiger partial charge in [0.1, 0.15) is 6.26 Å². The summed E-state index contributed by atoms with van der Waals surface area (Å²) in [6.07, 6.45) is 3.14. The topological polar surface area (TPSA) is 67.2 Å². The van der Waals surface area contributed by atoms with E-state index >= 15 is 0 Å². The summed E-state index contributed by atoms with van der Waals surface area (Å²) in [5.74, 6) is 0.454. The van der Waals surface area contributed by atoms with Crippen molar-refractivity contribution in [1.82, 2.24) is 10.3 Å². The maximum atomic E-state index is 12.0. The fourth-order valence-electron chi connectivity index (χ4n) is 1.95. The molecule has 0 radical (unpaired) electrons. The van der Waals surface area contributed by atoms with Gasteiger partial charge < -0.3 is 15.1 Å². The molecule has 2 N–H and O–H groups in total. The highest BCUT2D eigenvalue weighted by Crippen LogP contribution is 2.25. The molecule has 0 saturated carbocycles. The van der Waals surface area contributed by atoms with E-state index in [2.05, 4.69) is 15.6 Å². The molecule has 1 aromatic heterocycles. The van der Waals surface area contributed by atoms with Gasteiger partial charge in [-0.05, 0) is 31.7 Å². The fraction of sp³-hybridized carbons (Fsp3) is 0.333. The summed E-state index contributed by atoms with van der Waals surface area (Å²) >= 11 is 0. The molecule has 0 aliphatic heterocycles. The van der Waals surface area contributed by atoms with Crippen LogP contribution in [0.1, 0.15) is 12.5 Å². The molecule has 0 aliphatic rings. The lowest BCUT2D eigenvalue weighted by Crippen LogP contribution is -2.28. The predicted molar refractivity (Wildman–Crippen MR) is 78.4 cm³/mol. The average Bonchev–Trinajstić information content (AvgIpc) is 2.95. The summed E-state index contributed by atoms with van der Waals surface area (Å²) in [7, 11) is 1.83. The predicted octanol–water partition coefficient (Wildman–Crippen LogP) is 2.44. The van der Waals surface area contributed by atoms with Gasteiger partial charge in [0.15, 0.2) is 0 Å². The van der Waals surface area contributed by atoms with Crippen molar-refractivity contribution in [3.63, 3.8) is 0 Å². The van der Waals surface area contributed by atoms with Crippen molar-refractivity contribution in [2.45, 2.75) is 13.8 Å². The van der Waals surface area contributed by atoms with Crippen molar-refractivity contribution >= 4 is 11.6 Å².